The number of thioether (sulfide) groups is 1. The molecule has 1 heterocycles. The molecule has 1 N–H and O–H groups in total. The Balaban J connectivity index is 1.52. The first-order valence-electron chi connectivity index (χ1n) is 9.92. The number of carbonyl (C=O) groups is 2. The van der Waals surface area contributed by atoms with Gasteiger partial charge in [-0.3, -0.25) is 4.79 Å². The van der Waals surface area contributed by atoms with Crippen LogP contribution in [-0.4, -0.2) is 24.2 Å². The third-order valence-corrected chi connectivity index (χ3v) is 7.03. The Bertz CT molecular complexity index is 802. The molecule has 0 saturated heterocycles. The van der Waals surface area contributed by atoms with Gasteiger partial charge in [-0.05, 0) is 55.9 Å². The second-order valence-corrected chi connectivity index (χ2v) is 9.04. The number of hydrogen-bond acceptors (Lipinski definition) is 5. The molecule has 1 aromatic heterocycles. The average Bonchev–Trinajstić information content (AvgIpc) is 3.06. The maximum Gasteiger partial charge on any atom is 0.341 e. The normalized spacial score (nSPS) is 13.0. The van der Waals surface area contributed by atoms with Crippen LogP contribution in [0.2, 0.25) is 0 Å². The zero-order valence-electron chi connectivity index (χ0n) is 16.3. The van der Waals surface area contributed by atoms with Gasteiger partial charge in [-0.2, -0.15) is 11.8 Å². The Hall–Kier alpha value is -1.79. The van der Waals surface area contributed by atoms with Crippen molar-refractivity contribution in [2.24, 2.45) is 0 Å². The number of aryl methyl sites for hydroxylation is 1. The van der Waals surface area contributed by atoms with Crippen LogP contribution < -0.4 is 5.32 Å². The maximum atomic E-state index is 12.4. The molecule has 0 aliphatic heterocycles. The van der Waals surface area contributed by atoms with E-state index in [4.69, 9.17) is 4.74 Å². The Kier molecular flexibility index (Phi) is 7.98. The summed E-state index contributed by atoms with van der Waals surface area (Å²) < 4.78 is 5.24. The van der Waals surface area contributed by atoms with Gasteiger partial charge in [0.25, 0.3) is 0 Å². The molecule has 1 aliphatic rings. The summed E-state index contributed by atoms with van der Waals surface area (Å²) in [4.78, 5) is 26.1. The summed E-state index contributed by atoms with van der Waals surface area (Å²) in [6.07, 6.45) is 5.39. The van der Waals surface area contributed by atoms with E-state index in [-0.39, 0.29) is 11.9 Å². The van der Waals surface area contributed by atoms with Crippen molar-refractivity contribution in [1.82, 2.24) is 0 Å². The standard InChI is InChI=1S/C22H27NO3S2/c1-2-26-22(25)20-17-11-6-7-12-18(17)28-21(20)23-19(24)13-8-14-27-15-16-9-4-3-5-10-16/h3-5,9-10H,2,6-8,11-15H2,1H3,(H,23,24). The summed E-state index contributed by atoms with van der Waals surface area (Å²) in [7, 11) is 0. The number of hydrogen-bond donors (Lipinski definition) is 1. The van der Waals surface area contributed by atoms with E-state index in [0.717, 1.165) is 49.2 Å². The number of esters is 1. The van der Waals surface area contributed by atoms with Gasteiger partial charge < -0.3 is 10.1 Å². The van der Waals surface area contributed by atoms with Gasteiger partial charge in [-0.15, -0.1) is 11.3 Å². The highest BCUT2D eigenvalue weighted by Gasteiger charge is 2.27. The van der Waals surface area contributed by atoms with Gasteiger partial charge in [-0.25, -0.2) is 4.79 Å². The summed E-state index contributed by atoms with van der Waals surface area (Å²) in [6.45, 7) is 2.15. The summed E-state index contributed by atoms with van der Waals surface area (Å²) in [6, 6.07) is 10.4. The van der Waals surface area contributed by atoms with Crippen LogP contribution in [0.4, 0.5) is 5.00 Å². The van der Waals surface area contributed by atoms with Gasteiger partial charge in [0, 0.05) is 17.1 Å². The van der Waals surface area contributed by atoms with Crippen LogP contribution in [0.3, 0.4) is 0 Å². The average molecular weight is 418 g/mol. The third kappa shape index (κ3) is 5.61. The van der Waals surface area contributed by atoms with Crippen molar-refractivity contribution in [3.63, 3.8) is 0 Å². The van der Waals surface area contributed by atoms with Crippen molar-refractivity contribution in [2.45, 2.75) is 51.2 Å². The highest BCUT2D eigenvalue weighted by molar-refractivity contribution is 7.98. The van der Waals surface area contributed by atoms with E-state index in [1.165, 1.54) is 10.4 Å². The minimum Gasteiger partial charge on any atom is -0.462 e. The summed E-state index contributed by atoms with van der Waals surface area (Å²) >= 11 is 3.39. The van der Waals surface area contributed by atoms with Crippen LogP contribution in [0.1, 0.15) is 59.0 Å². The molecule has 0 atom stereocenters. The molecule has 6 heteroatoms. The molecule has 0 radical (unpaired) electrons. The van der Waals surface area contributed by atoms with Crippen molar-refractivity contribution >= 4 is 40.0 Å². The van der Waals surface area contributed by atoms with Crippen molar-refractivity contribution in [3.8, 4) is 0 Å². The molecule has 0 unspecified atom stereocenters. The summed E-state index contributed by atoms with van der Waals surface area (Å²) in [5.74, 6) is 1.57. The van der Waals surface area contributed by atoms with Crippen molar-refractivity contribution in [3.05, 3.63) is 51.9 Å². The molecular weight excluding hydrogens is 390 g/mol. The lowest BCUT2D eigenvalue weighted by Gasteiger charge is -2.12. The number of benzene rings is 1. The number of anilines is 1. The second-order valence-electron chi connectivity index (χ2n) is 6.83. The van der Waals surface area contributed by atoms with Gasteiger partial charge in [0.05, 0.1) is 12.2 Å². The van der Waals surface area contributed by atoms with E-state index >= 15 is 0 Å². The van der Waals surface area contributed by atoms with E-state index in [0.29, 0.717) is 23.6 Å². The van der Waals surface area contributed by atoms with E-state index in [1.807, 2.05) is 36.9 Å². The molecule has 0 spiro atoms. The lowest BCUT2D eigenvalue weighted by atomic mass is 9.95. The number of rotatable bonds is 9. The Morgan fingerprint density at radius 2 is 1.96 bits per heavy atom. The number of nitrogens with one attached hydrogen (secondary N) is 1. The number of carbonyl (C=O) groups excluding carboxylic acids is 2. The lowest BCUT2D eigenvalue weighted by Crippen LogP contribution is -2.15. The number of ether oxygens (including phenoxy) is 1. The topological polar surface area (TPSA) is 55.4 Å². The highest BCUT2D eigenvalue weighted by atomic mass is 32.2. The predicted octanol–water partition coefficient (Wildman–Crippen LogP) is 5.46. The maximum absolute atomic E-state index is 12.4. The summed E-state index contributed by atoms with van der Waals surface area (Å²) in [5, 5.41) is 3.66. The molecule has 2 aromatic rings. The SMILES string of the molecule is CCOC(=O)c1c(NC(=O)CCCSCc2ccccc2)sc2c1CCCC2. The van der Waals surface area contributed by atoms with Gasteiger partial charge in [0.1, 0.15) is 5.00 Å². The van der Waals surface area contributed by atoms with Crippen LogP contribution >= 0.6 is 23.1 Å². The first-order valence-corrected chi connectivity index (χ1v) is 11.9. The zero-order valence-corrected chi connectivity index (χ0v) is 17.9. The molecule has 150 valence electrons. The van der Waals surface area contributed by atoms with Gasteiger partial charge in [0.2, 0.25) is 5.91 Å². The lowest BCUT2D eigenvalue weighted by molar-refractivity contribution is -0.116. The molecule has 0 bridgehead atoms. The van der Waals surface area contributed by atoms with Crippen LogP contribution in [-0.2, 0) is 28.1 Å². The molecule has 1 aliphatic carbocycles. The first-order chi connectivity index (χ1) is 13.7. The molecule has 1 aromatic carbocycles. The fourth-order valence-electron chi connectivity index (χ4n) is 3.36. The van der Waals surface area contributed by atoms with Crippen LogP contribution in [0.15, 0.2) is 30.3 Å². The van der Waals surface area contributed by atoms with Crippen molar-refractivity contribution in [1.29, 1.82) is 0 Å². The van der Waals surface area contributed by atoms with E-state index in [9.17, 15) is 9.59 Å². The van der Waals surface area contributed by atoms with E-state index < -0.39 is 0 Å². The number of amides is 1. The molecule has 3 rings (SSSR count). The smallest absolute Gasteiger partial charge is 0.341 e. The molecule has 1 amide bonds. The Morgan fingerprint density at radius 1 is 1.18 bits per heavy atom. The van der Waals surface area contributed by atoms with Gasteiger partial charge in [0.15, 0.2) is 0 Å². The van der Waals surface area contributed by atoms with E-state index in [1.54, 1.807) is 11.3 Å². The van der Waals surface area contributed by atoms with Crippen LogP contribution in [0.25, 0.3) is 0 Å². The zero-order chi connectivity index (χ0) is 19.8. The second kappa shape index (κ2) is 10.7. The van der Waals surface area contributed by atoms with Crippen LogP contribution in [0, 0.1) is 0 Å². The first kappa shape index (κ1) is 20.9. The minimum absolute atomic E-state index is 0.0237. The fourth-order valence-corrected chi connectivity index (χ4v) is 5.58. The predicted molar refractivity (Wildman–Crippen MR) is 117 cm³/mol. The van der Waals surface area contributed by atoms with Crippen molar-refractivity contribution in [2.75, 3.05) is 17.7 Å². The monoisotopic (exact) mass is 417 g/mol. The summed E-state index contributed by atoms with van der Waals surface area (Å²) in [5.41, 5.74) is 2.98. The molecule has 28 heavy (non-hydrogen) atoms. The quantitative estimate of drug-likeness (QED) is 0.435. The third-order valence-electron chi connectivity index (χ3n) is 4.71. The molecule has 0 fully saturated rings. The molecular formula is C22H27NO3S2. The minimum atomic E-state index is -0.310. The highest BCUT2D eigenvalue weighted by Crippen LogP contribution is 2.38. The Labute approximate surface area is 175 Å². The van der Waals surface area contributed by atoms with E-state index in [2.05, 4.69) is 17.4 Å². The largest absolute Gasteiger partial charge is 0.462 e. The number of thiophene rings is 1. The molecule has 4 nitrogen and oxygen atoms in total. The van der Waals surface area contributed by atoms with Crippen molar-refractivity contribution < 1.29 is 14.3 Å². The van der Waals surface area contributed by atoms with Gasteiger partial charge >= 0.3 is 5.97 Å². The van der Waals surface area contributed by atoms with Crippen LogP contribution in [0.5, 0.6) is 0 Å². The Morgan fingerprint density at radius 3 is 2.75 bits per heavy atom. The van der Waals surface area contributed by atoms with Gasteiger partial charge in [-0.1, -0.05) is 30.3 Å². The number of fused-ring (bicyclic) bond motifs is 1. The fraction of sp³-hybridized carbons (Fsp3) is 0.455. The molecule has 0 saturated carbocycles.